The molecule has 28 heavy (non-hydrogen) atoms. The van der Waals surface area contributed by atoms with Gasteiger partial charge in [0.2, 0.25) is 0 Å². The summed E-state index contributed by atoms with van der Waals surface area (Å²) in [6.45, 7) is 0. The molecule has 0 bridgehead atoms. The summed E-state index contributed by atoms with van der Waals surface area (Å²) in [7, 11) is 0. The summed E-state index contributed by atoms with van der Waals surface area (Å²) in [6, 6.07) is 8.72. The third-order valence-corrected chi connectivity index (χ3v) is 5.99. The quantitative estimate of drug-likeness (QED) is 0.662. The second-order valence-corrected chi connectivity index (χ2v) is 7.82. The standard InChI is InChI=1S/C19H20N6O2S/c26-18(13-7-9-15(10-8-13)25-12-20-23-24-25)21-22-19(27)17-11-14-5-3-1-2-4-6-16(14)28-17/h7-12H,1-6H2,(H,21,26)(H,22,27). The lowest BCUT2D eigenvalue weighted by atomic mass is 10.00. The number of rotatable bonds is 3. The number of nitrogens with zero attached hydrogens (tertiary/aromatic N) is 4. The molecule has 1 aromatic carbocycles. The number of carbonyl (C=O) groups excluding carboxylic acids is 2. The monoisotopic (exact) mass is 396 g/mol. The zero-order valence-corrected chi connectivity index (χ0v) is 16.0. The molecule has 2 heterocycles. The Kier molecular flexibility index (Phi) is 5.43. The fourth-order valence-corrected chi connectivity index (χ4v) is 4.40. The second-order valence-electron chi connectivity index (χ2n) is 6.68. The van der Waals surface area contributed by atoms with Crippen LogP contribution in [0.4, 0.5) is 0 Å². The van der Waals surface area contributed by atoms with Crippen LogP contribution < -0.4 is 10.9 Å². The normalized spacial score (nSPS) is 13.9. The minimum atomic E-state index is -0.383. The molecule has 0 aliphatic heterocycles. The molecular weight excluding hydrogens is 376 g/mol. The Hall–Kier alpha value is -3.07. The van der Waals surface area contributed by atoms with E-state index in [4.69, 9.17) is 0 Å². The van der Waals surface area contributed by atoms with Crippen LogP contribution in [0.25, 0.3) is 5.69 Å². The minimum Gasteiger partial charge on any atom is -0.267 e. The van der Waals surface area contributed by atoms with Gasteiger partial charge in [0.15, 0.2) is 0 Å². The van der Waals surface area contributed by atoms with Crippen LogP contribution >= 0.6 is 11.3 Å². The molecule has 8 nitrogen and oxygen atoms in total. The van der Waals surface area contributed by atoms with E-state index in [1.807, 2.05) is 6.07 Å². The first-order valence-electron chi connectivity index (χ1n) is 9.26. The van der Waals surface area contributed by atoms with Crippen molar-refractivity contribution in [1.82, 2.24) is 31.1 Å². The number of thiophene rings is 1. The van der Waals surface area contributed by atoms with Crippen molar-refractivity contribution in [1.29, 1.82) is 0 Å². The zero-order chi connectivity index (χ0) is 19.3. The highest BCUT2D eigenvalue weighted by atomic mass is 32.1. The Morgan fingerprint density at radius 2 is 1.71 bits per heavy atom. The molecule has 2 amide bonds. The van der Waals surface area contributed by atoms with Crippen LogP contribution in [-0.4, -0.2) is 32.0 Å². The highest BCUT2D eigenvalue weighted by Crippen LogP contribution is 2.28. The molecule has 1 aliphatic carbocycles. The molecule has 0 atom stereocenters. The third kappa shape index (κ3) is 4.09. The summed E-state index contributed by atoms with van der Waals surface area (Å²) in [5.74, 6) is -0.665. The van der Waals surface area contributed by atoms with Gasteiger partial charge in [-0.05, 0) is 72.0 Å². The summed E-state index contributed by atoms with van der Waals surface area (Å²) in [6.07, 6.45) is 8.38. The topological polar surface area (TPSA) is 102 Å². The van der Waals surface area contributed by atoms with Crippen LogP contribution in [-0.2, 0) is 12.8 Å². The van der Waals surface area contributed by atoms with Crippen molar-refractivity contribution in [3.05, 3.63) is 57.5 Å². The van der Waals surface area contributed by atoms with E-state index in [0.717, 1.165) is 18.5 Å². The molecule has 0 spiro atoms. The Bertz CT molecular complexity index is 939. The van der Waals surface area contributed by atoms with Crippen LogP contribution in [0.5, 0.6) is 0 Å². The van der Waals surface area contributed by atoms with E-state index in [9.17, 15) is 9.59 Å². The van der Waals surface area contributed by atoms with Crippen molar-refractivity contribution in [3.8, 4) is 5.69 Å². The van der Waals surface area contributed by atoms with Gasteiger partial charge in [-0.15, -0.1) is 16.4 Å². The molecule has 2 N–H and O–H groups in total. The van der Waals surface area contributed by atoms with Crippen molar-refractivity contribution in [3.63, 3.8) is 0 Å². The first-order chi connectivity index (χ1) is 13.7. The first kappa shape index (κ1) is 18.3. The van der Waals surface area contributed by atoms with Gasteiger partial charge in [0.05, 0.1) is 10.6 Å². The van der Waals surface area contributed by atoms with Gasteiger partial charge < -0.3 is 0 Å². The van der Waals surface area contributed by atoms with Gasteiger partial charge in [-0.25, -0.2) is 4.68 Å². The van der Waals surface area contributed by atoms with E-state index in [0.29, 0.717) is 10.4 Å². The number of nitrogens with one attached hydrogen (secondary N) is 2. The Labute approximate surface area is 165 Å². The summed E-state index contributed by atoms with van der Waals surface area (Å²) in [5, 5.41) is 10.9. The van der Waals surface area contributed by atoms with Crippen LogP contribution in [0.1, 0.15) is 56.2 Å². The number of hydrazine groups is 1. The summed E-state index contributed by atoms with van der Waals surface area (Å²) in [5.41, 5.74) is 7.43. The lowest BCUT2D eigenvalue weighted by Crippen LogP contribution is -2.41. The lowest BCUT2D eigenvalue weighted by molar-refractivity contribution is 0.0849. The first-order valence-corrected chi connectivity index (χ1v) is 10.1. The molecule has 3 aromatic rings. The highest BCUT2D eigenvalue weighted by molar-refractivity contribution is 7.14. The highest BCUT2D eigenvalue weighted by Gasteiger charge is 2.16. The van der Waals surface area contributed by atoms with E-state index in [1.165, 1.54) is 58.5 Å². The maximum absolute atomic E-state index is 12.4. The molecule has 2 aromatic heterocycles. The maximum Gasteiger partial charge on any atom is 0.279 e. The lowest BCUT2D eigenvalue weighted by Gasteiger charge is -2.07. The molecule has 9 heteroatoms. The van der Waals surface area contributed by atoms with Crippen molar-refractivity contribution in [2.24, 2.45) is 0 Å². The molecule has 0 radical (unpaired) electrons. The van der Waals surface area contributed by atoms with Crippen LogP contribution in [0.15, 0.2) is 36.7 Å². The average Bonchev–Trinajstić information content (AvgIpc) is 3.36. The fraction of sp³-hybridized carbons (Fsp3) is 0.316. The molecule has 0 fully saturated rings. The van der Waals surface area contributed by atoms with Gasteiger partial charge in [0.1, 0.15) is 6.33 Å². The largest absolute Gasteiger partial charge is 0.279 e. The number of aryl methyl sites for hydroxylation is 2. The Balaban J connectivity index is 1.36. The third-order valence-electron chi connectivity index (χ3n) is 4.75. The number of fused-ring (bicyclic) bond motifs is 1. The van der Waals surface area contributed by atoms with Crippen LogP contribution in [0, 0.1) is 0 Å². The van der Waals surface area contributed by atoms with Gasteiger partial charge in [-0.2, -0.15) is 0 Å². The molecule has 0 unspecified atom stereocenters. The van der Waals surface area contributed by atoms with E-state index >= 15 is 0 Å². The van der Waals surface area contributed by atoms with E-state index < -0.39 is 0 Å². The predicted molar refractivity (Wildman–Crippen MR) is 104 cm³/mol. The summed E-state index contributed by atoms with van der Waals surface area (Å²) in [4.78, 5) is 26.7. The molecule has 0 saturated heterocycles. The number of hydrogen-bond donors (Lipinski definition) is 2. The zero-order valence-electron chi connectivity index (χ0n) is 15.2. The van der Waals surface area contributed by atoms with E-state index in [2.05, 4.69) is 26.4 Å². The van der Waals surface area contributed by atoms with Gasteiger partial charge >= 0.3 is 0 Å². The SMILES string of the molecule is O=C(NNC(=O)c1cc2c(s1)CCCCCC2)c1ccc(-n2cnnn2)cc1. The summed E-state index contributed by atoms with van der Waals surface area (Å²) < 4.78 is 1.49. The number of aromatic nitrogens is 4. The minimum absolute atomic E-state index is 0.282. The van der Waals surface area contributed by atoms with Crippen molar-refractivity contribution in [2.75, 3.05) is 0 Å². The molecular formula is C19H20N6O2S. The number of amides is 2. The Morgan fingerprint density at radius 1 is 0.964 bits per heavy atom. The number of carbonyl (C=O) groups is 2. The molecule has 1 aliphatic rings. The fourth-order valence-electron chi connectivity index (χ4n) is 3.25. The van der Waals surface area contributed by atoms with Crippen LogP contribution in [0.2, 0.25) is 0 Å². The van der Waals surface area contributed by atoms with Gasteiger partial charge in [-0.1, -0.05) is 12.8 Å². The second kappa shape index (κ2) is 8.30. The maximum atomic E-state index is 12.4. The molecule has 144 valence electrons. The van der Waals surface area contributed by atoms with Gasteiger partial charge in [0, 0.05) is 10.4 Å². The smallest absolute Gasteiger partial charge is 0.267 e. The molecule has 0 saturated carbocycles. The van der Waals surface area contributed by atoms with Gasteiger partial charge in [0.25, 0.3) is 11.8 Å². The van der Waals surface area contributed by atoms with Crippen LogP contribution in [0.3, 0.4) is 0 Å². The average molecular weight is 396 g/mol. The number of tetrazole rings is 1. The summed E-state index contributed by atoms with van der Waals surface area (Å²) >= 11 is 1.53. The van der Waals surface area contributed by atoms with Crippen molar-refractivity contribution < 1.29 is 9.59 Å². The van der Waals surface area contributed by atoms with Crippen molar-refractivity contribution in [2.45, 2.75) is 38.5 Å². The van der Waals surface area contributed by atoms with E-state index in [1.54, 1.807) is 24.3 Å². The van der Waals surface area contributed by atoms with E-state index in [-0.39, 0.29) is 11.8 Å². The Morgan fingerprint density at radius 3 is 2.46 bits per heavy atom. The predicted octanol–water partition coefficient (Wildman–Crippen LogP) is 2.46. The number of benzene rings is 1. The molecule has 4 rings (SSSR count). The number of hydrogen-bond acceptors (Lipinski definition) is 6. The van der Waals surface area contributed by atoms with Gasteiger partial charge in [-0.3, -0.25) is 20.4 Å². The van der Waals surface area contributed by atoms with Crippen molar-refractivity contribution >= 4 is 23.2 Å².